The third-order valence-corrected chi connectivity index (χ3v) is 4.34. The van der Waals surface area contributed by atoms with Crippen LogP contribution in [0.2, 0.25) is 0 Å². The van der Waals surface area contributed by atoms with Crippen molar-refractivity contribution < 1.29 is 18.8 Å². The summed E-state index contributed by atoms with van der Waals surface area (Å²) in [5.74, 6) is 0.207. The van der Waals surface area contributed by atoms with E-state index >= 15 is 0 Å². The zero-order chi connectivity index (χ0) is 18.5. The van der Waals surface area contributed by atoms with Gasteiger partial charge in [-0.1, -0.05) is 5.16 Å². The lowest BCUT2D eigenvalue weighted by Gasteiger charge is -2.21. The number of amides is 1. The van der Waals surface area contributed by atoms with E-state index in [1.165, 1.54) is 13.3 Å². The molecule has 0 unspecified atom stereocenters. The maximum atomic E-state index is 12.7. The van der Waals surface area contributed by atoms with Crippen molar-refractivity contribution in [1.82, 2.24) is 19.9 Å². The van der Waals surface area contributed by atoms with E-state index in [-0.39, 0.29) is 5.91 Å². The number of rotatable bonds is 4. The van der Waals surface area contributed by atoms with Crippen LogP contribution in [-0.4, -0.2) is 65.1 Å². The number of pyridine rings is 1. The molecule has 0 radical (unpaired) electrons. The second kappa shape index (κ2) is 8.09. The normalized spacial score (nSPS) is 15.5. The summed E-state index contributed by atoms with van der Waals surface area (Å²) in [4.78, 5) is 32.3. The fourth-order valence-corrected chi connectivity index (χ4v) is 2.97. The van der Waals surface area contributed by atoms with Crippen LogP contribution >= 0.6 is 0 Å². The summed E-state index contributed by atoms with van der Waals surface area (Å²) in [6.07, 6.45) is 2.25. The molecule has 0 atom stereocenters. The number of carbonyl (C=O) groups excluding carboxylic acids is 2. The molecular weight excluding hydrogens is 336 g/mol. The Morgan fingerprint density at radius 2 is 2.08 bits per heavy atom. The number of hydrogen-bond acceptors (Lipinski definition) is 7. The van der Waals surface area contributed by atoms with Gasteiger partial charge in [-0.3, -0.25) is 14.7 Å². The average Bonchev–Trinajstić information content (AvgIpc) is 2.93. The quantitative estimate of drug-likeness (QED) is 0.766. The van der Waals surface area contributed by atoms with Crippen molar-refractivity contribution in [3.63, 3.8) is 0 Å². The van der Waals surface area contributed by atoms with Gasteiger partial charge in [0.1, 0.15) is 11.5 Å². The highest BCUT2D eigenvalue weighted by Crippen LogP contribution is 2.12. The third-order valence-electron chi connectivity index (χ3n) is 4.34. The van der Waals surface area contributed by atoms with E-state index in [9.17, 15) is 9.59 Å². The molecular formula is C18H22N4O4. The molecule has 0 N–H and O–H groups in total. The number of carbonyl (C=O) groups is 2. The van der Waals surface area contributed by atoms with Crippen molar-refractivity contribution in [1.29, 1.82) is 0 Å². The SMILES string of the molecule is COC(=O)c1ccc(C(=O)N2CCCN(Cc3cc(C)on3)CC2)nc1. The predicted molar refractivity (Wildman–Crippen MR) is 92.6 cm³/mol. The first-order valence-electron chi connectivity index (χ1n) is 8.55. The van der Waals surface area contributed by atoms with Crippen molar-refractivity contribution in [2.24, 2.45) is 0 Å². The highest BCUT2D eigenvalue weighted by molar-refractivity contribution is 5.94. The Balaban J connectivity index is 1.59. The molecule has 0 saturated carbocycles. The van der Waals surface area contributed by atoms with Crippen LogP contribution < -0.4 is 0 Å². The first kappa shape index (κ1) is 18.1. The average molecular weight is 358 g/mol. The summed E-state index contributed by atoms with van der Waals surface area (Å²) in [5, 5.41) is 4.03. The summed E-state index contributed by atoms with van der Waals surface area (Å²) in [6.45, 7) is 5.54. The number of ether oxygens (including phenoxy) is 1. The minimum atomic E-state index is -0.468. The van der Waals surface area contributed by atoms with Gasteiger partial charge in [0.2, 0.25) is 0 Å². The van der Waals surface area contributed by atoms with Crippen LogP contribution in [0.25, 0.3) is 0 Å². The summed E-state index contributed by atoms with van der Waals surface area (Å²) in [5.41, 5.74) is 1.56. The zero-order valence-corrected chi connectivity index (χ0v) is 15.0. The van der Waals surface area contributed by atoms with Gasteiger partial charge in [0.15, 0.2) is 0 Å². The van der Waals surface area contributed by atoms with Crippen molar-refractivity contribution in [3.05, 3.63) is 47.1 Å². The number of esters is 1. The maximum absolute atomic E-state index is 12.7. The van der Waals surface area contributed by atoms with E-state index in [0.29, 0.717) is 30.9 Å². The molecule has 1 fully saturated rings. The van der Waals surface area contributed by atoms with Gasteiger partial charge in [-0.15, -0.1) is 0 Å². The van der Waals surface area contributed by atoms with Gasteiger partial charge in [0, 0.05) is 45.0 Å². The highest BCUT2D eigenvalue weighted by Gasteiger charge is 2.22. The van der Waals surface area contributed by atoms with Gasteiger partial charge < -0.3 is 14.2 Å². The van der Waals surface area contributed by atoms with Crippen molar-refractivity contribution in [3.8, 4) is 0 Å². The van der Waals surface area contributed by atoms with E-state index in [2.05, 4.69) is 19.8 Å². The number of hydrogen-bond donors (Lipinski definition) is 0. The van der Waals surface area contributed by atoms with Crippen LogP contribution in [0.3, 0.4) is 0 Å². The molecule has 26 heavy (non-hydrogen) atoms. The number of aryl methyl sites for hydroxylation is 1. The Labute approximate surface area is 151 Å². The molecule has 1 aliphatic heterocycles. The second-order valence-corrected chi connectivity index (χ2v) is 6.27. The molecule has 1 aliphatic rings. The Morgan fingerprint density at radius 1 is 1.23 bits per heavy atom. The molecule has 0 bridgehead atoms. The lowest BCUT2D eigenvalue weighted by atomic mass is 10.2. The third kappa shape index (κ3) is 4.26. The van der Waals surface area contributed by atoms with Crippen molar-refractivity contribution in [2.75, 3.05) is 33.3 Å². The summed E-state index contributed by atoms with van der Waals surface area (Å²) >= 11 is 0. The Kier molecular flexibility index (Phi) is 5.62. The zero-order valence-electron chi connectivity index (χ0n) is 15.0. The Morgan fingerprint density at radius 3 is 2.73 bits per heavy atom. The van der Waals surface area contributed by atoms with E-state index in [4.69, 9.17) is 4.52 Å². The molecule has 8 nitrogen and oxygen atoms in total. The minimum Gasteiger partial charge on any atom is -0.465 e. The summed E-state index contributed by atoms with van der Waals surface area (Å²) < 4.78 is 9.75. The molecule has 2 aromatic heterocycles. The minimum absolute atomic E-state index is 0.124. The van der Waals surface area contributed by atoms with Gasteiger partial charge in [-0.25, -0.2) is 4.79 Å². The molecule has 0 aliphatic carbocycles. The summed E-state index contributed by atoms with van der Waals surface area (Å²) in [7, 11) is 1.31. The van der Waals surface area contributed by atoms with Crippen LogP contribution in [0, 0.1) is 6.92 Å². The monoisotopic (exact) mass is 358 g/mol. The molecule has 3 rings (SSSR count). The smallest absolute Gasteiger partial charge is 0.339 e. The largest absolute Gasteiger partial charge is 0.465 e. The fraction of sp³-hybridized carbons (Fsp3) is 0.444. The van der Waals surface area contributed by atoms with Crippen LogP contribution in [-0.2, 0) is 11.3 Å². The van der Waals surface area contributed by atoms with Crippen molar-refractivity contribution in [2.45, 2.75) is 19.9 Å². The predicted octanol–water partition coefficient (Wildman–Crippen LogP) is 1.51. The van der Waals surface area contributed by atoms with E-state index < -0.39 is 5.97 Å². The number of methoxy groups -OCH3 is 1. The first-order valence-corrected chi connectivity index (χ1v) is 8.55. The molecule has 1 amide bonds. The molecule has 3 heterocycles. The molecule has 0 spiro atoms. The first-order chi connectivity index (χ1) is 12.6. The van der Waals surface area contributed by atoms with Gasteiger partial charge >= 0.3 is 5.97 Å². The summed E-state index contributed by atoms with van der Waals surface area (Å²) in [6, 6.07) is 5.05. The van der Waals surface area contributed by atoms with Gasteiger partial charge in [-0.05, 0) is 25.5 Å². The van der Waals surface area contributed by atoms with E-state index in [0.717, 1.165) is 31.0 Å². The molecule has 8 heteroatoms. The topological polar surface area (TPSA) is 88.8 Å². The lowest BCUT2D eigenvalue weighted by molar-refractivity contribution is 0.0599. The Hall–Kier alpha value is -2.74. The van der Waals surface area contributed by atoms with Gasteiger partial charge in [-0.2, -0.15) is 0 Å². The standard InChI is InChI=1S/C18H22N4O4/c1-13-10-15(20-26-13)12-21-6-3-7-22(9-8-21)17(23)16-5-4-14(11-19-16)18(24)25-2/h4-5,10-11H,3,6-9,12H2,1-2H3. The highest BCUT2D eigenvalue weighted by atomic mass is 16.5. The number of aromatic nitrogens is 2. The van der Waals surface area contributed by atoms with Gasteiger partial charge in [0.25, 0.3) is 5.91 Å². The molecule has 138 valence electrons. The molecule has 1 saturated heterocycles. The van der Waals surface area contributed by atoms with Crippen LogP contribution in [0.15, 0.2) is 28.9 Å². The van der Waals surface area contributed by atoms with Crippen LogP contribution in [0.4, 0.5) is 0 Å². The van der Waals surface area contributed by atoms with Gasteiger partial charge in [0.05, 0.1) is 18.4 Å². The maximum Gasteiger partial charge on any atom is 0.339 e. The van der Waals surface area contributed by atoms with E-state index in [1.54, 1.807) is 17.0 Å². The molecule has 0 aromatic carbocycles. The fourth-order valence-electron chi connectivity index (χ4n) is 2.97. The number of nitrogens with zero attached hydrogens (tertiary/aromatic N) is 4. The van der Waals surface area contributed by atoms with E-state index in [1.807, 2.05) is 13.0 Å². The second-order valence-electron chi connectivity index (χ2n) is 6.27. The van der Waals surface area contributed by atoms with Crippen molar-refractivity contribution >= 4 is 11.9 Å². The lowest BCUT2D eigenvalue weighted by Crippen LogP contribution is -2.35. The molecule has 2 aromatic rings. The van der Waals surface area contributed by atoms with Crippen LogP contribution in [0.5, 0.6) is 0 Å². The Bertz CT molecular complexity index is 772. The van der Waals surface area contributed by atoms with Crippen LogP contribution in [0.1, 0.15) is 38.7 Å².